The van der Waals surface area contributed by atoms with E-state index in [0.717, 1.165) is 22.2 Å². The Hall–Kier alpha value is -2.98. The van der Waals surface area contributed by atoms with Gasteiger partial charge in [0, 0.05) is 11.1 Å². The molecular formula is C26H30IN6O3P. The standard InChI is InChI=1S/C26H30IN6O3P/c1-16(2)36-21-11-7-10-20-23(21)25(29-18-13-28-33(14-18)37-27)31-24(30-20)17-8-6-9-19(12-17)35-15-22(34)32-26(3,4)5/h6-14,16,37H,15H2,1-5H3,(H,32,34)(H,29,30,31). The van der Waals surface area contributed by atoms with Crippen LogP contribution in [0.4, 0.5) is 11.5 Å². The Kier molecular flexibility index (Phi) is 8.49. The van der Waals surface area contributed by atoms with Gasteiger partial charge in [-0.25, -0.2) is 14.4 Å². The smallest absolute Gasteiger partial charge is 0.258 e. The first kappa shape index (κ1) is 27.1. The van der Waals surface area contributed by atoms with Crippen molar-refractivity contribution in [3.05, 3.63) is 54.9 Å². The average molecular weight is 632 g/mol. The molecule has 9 nitrogen and oxygen atoms in total. The number of nitrogens with one attached hydrogen (secondary N) is 2. The highest BCUT2D eigenvalue weighted by Gasteiger charge is 2.17. The Morgan fingerprint density at radius 3 is 2.65 bits per heavy atom. The van der Waals surface area contributed by atoms with Crippen LogP contribution in [0.3, 0.4) is 0 Å². The third-order valence-corrected chi connectivity index (χ3v) is 6.86. The minimum Gasteiger partial charge on any atom is -0.490 e. The molecule has 0 saturated heterocycles. The number of carbonyl (C=O) groups excluding carboxylic acids is 1. The van der Waals surface area contributed by atoms with Gasteiger partial charge >= 0.3 is 0 Å². The highest BCUT2D eigenvalue weighted by molar-refractivity contribution is 14.2. The van der Waals surface area contributed by atoms with Crippen molar-refractivity contribution in [1.29, 1.82) is 0 Å². The van der Waals surface area contributed by atoms with Crippen molar-refractivity contribution in [2.75, 3.05) is 11.9 Å². The summed E-state index contributed by atoms with van der Waals surface area (Å²) in [6.45, 7) is 9.68. The van der Waals surface area contributed by atoms with Crippen LogP contribution in [0.2, 0.25) is 0 Å². The molecule has 0 bridgehead atoms. The van der Waals surface area contributed by atoms with Crippen molar-refractivity contribution in [3.63, 3.8) is 0 Å². The molecule has 37 heavy (non-hydrogen) atoms. The number of amides is 1. The second kappa shape index (κ2) is 11.6. The molecule has 0 aliphatic heterocycles. The molecule has 2 heterocycles. The van der Waals surface area contributed by atoms with Gasteiger partial charge < -0.3 is 20.1 Å². The van der Waals surface area contributed by atoms with Gasteiger partial charge in [-0.05, 0) is 80.9 Å². The lowest BCUT2D eigenvalue weighted by Gasteiger charge is -2.20. The Balaban J connectivity index is 1.70. The highest BCUT2D eigenvalue weighted by atomic mass is 127. The number of benzene rings is 2. The fourth-order valence-corrected chi connectivity index (χ4v) is 4.70. The molecule has 4 aromatic rings. The highest BCUT2D eigenvalue weighted by Crippen LogP contribution is 2.35. The maximum atomic E-state index is 12.2. The molecule has 0 fully saturated rings. The summed E-state index contributed by atoms with van der Waals surface area (Å²) in [4.78, 5) is 21.9. The molecule has 0 saturated carbocycles. The molecule has 1 atom stereocenters. The zero-order valence-corrected chi connectivity index (χ0v) is 24.5. The predicted octanol–water partition coefficient (Wildman–Crippen LogP) is 6.11. The van der Waals surface area contributed by atoms with Crippen molar-refractivity contribution in [1.82, 2.24) is 24.8 Å². The first-order chi connectivity index (χ1) is 17.6. The van der Waals surface area contributed by atoms with Gasteiger partial charge in [0.25, 0.3) is 5.91 Å². The second-order valence-electron chi connectivity index (χ2n) is 9.71. The molecule has 0 radical (unpaired) electrons. The van der Waals surface area contributed by atoms with Gasteiger partial charge in [-0.15, -0.1) is 0 Å². The topological polar surface area (TPSA) is 103 Å². The predicted molar refractivity (Wildman–Crippen MR) is 157 cm³/mol. The Morgan fingerprint density at radius 2 is 1.95 bits per heavy atom. The average Bonchev–Trinajstić information content (AvgIpc) is 3.29. The van der Waals surface area contributed by atoms with Crippen LogP contribution in [-0.4, -0.2) is 43.7 Å². The minimum atomic E-state index is -0.323. The number of carbonyl (C=O) groups is 1. The zero-order valence-electron chi connectivity index (χ0n) is 21.4. The van der Waals surface area contributed by atoms with Gasteiger partial charge in [0.05, 0.1) is 41.5 Å². The first-order valence-electron chi connectivity index (χ1n) is 11.8. The fourth-order valence-electron chi connectivity index (χ4n) is 3.62. The Morgan fingerprint density at radius 1 is 1.16 bits per heavy atom. The van der Waals surface area contributed by atoms with Crippen molar-refractivity contribution in [3.8, 4) is 22.9 Å². The SMILES string of the molecule is CC(C)Oc1cccc2nc(-c3cccc(OCC(=O)NC(C)(C)C)c3)nc(Nc3cnn(PI)c3)c12. The van der Waals surface area contributed by atoms with E-state index in [2.05, 4.69) is 37.8 Å². The van der Waals surface area contributed by atoms with E-state index in [0.29, 0.717) is 29.5 Å². The van der Waals surface area contributed by atoms with Crippen LogP contribution in [0.15, 0.2) is 54.9 Å². The van der Waals surface area contributed by atoms with Crippen LogP contribution in [0, 0.1) is 0 Å². The number of rotatable bonds is 9. The van der Waals surface area contributed by atoms with Gasteiger partial charge in [0.15, 0.2) is 12.4 Å². The molecule has 194 valence electrons. The number of fused-ring (bicyclic) bond motifs is 1. The van der Waals surface area contributed by atoms with Crippen LogP contribution in [0.5, 0.6) is 11.5 Å². The Bertz CT molecular complexity index is 1400. The van der Waals surface area contributed by atoms with E-state index in [9.17, 15) is 4.79 Å². The summed E-state index contributed by atoms with van der Waals surface area (Å²) in [6, 6.07) is 13.2. The molecule has 0 aliphatic carbocycles. The van der Waals surface area contributed by atoms with Crippen LogP contribution in [0.1, 0.15) is 34.6 Å². The lowest BCUT2D eigenvalue weighted by molar-refractivity contribution is -0.124. The summed E-state index contributed by atoms with van der Waals surface area (Å²) in [5, 5.41) is 11.5. The fraction of sp³-hybridized carbons (Fsp3) is 0.308. The van der Waals surface area contributed by atoms with E-state index in [4.69, 9.17) is 19.4 Å². The summed E-state index contributed by atoms with van der Waals surface area (Å²) < 4.78 is 13.7. The lowest BCUT2D eigenvalue weighted by atomic mass is 10.1. The first-order valence-corrected chi connectivity index (χ1v) is 15.9. The third kappa shape index (κ3) is 7.29. The van der Waals surface area contributed by atoms with Crippen molar-refractivity contribution in [2.24, 2.45) is 0 Å². The number of nitrogens with zero attached hydrogens (tertiary/aromatic N) is 4. The molecule has 11 heteroatoms. The largest absolute Gasteiger partial charge is 0.490 e. The van der Waals surface area contributed by atoms with Crippen molar-refractivity contribution >= 4 is 56.7 Å². The third-order valence-electron chi connectivity index (χ3n) is 4.96. The van der Waals surface area contributed by atoms with E-state index < -0.39 is 0 Å². The molecule has 1 unspecified atom stereocenters. The minimum absolute atomic E-state index is 0.00888. The van der Waals surface area contributed by atoms with Crippen LogP contribution in [-0.2, 0) is 4.79 Å². The van der Waals surface area contributed by atoms with Gasteiger partial charge in [-0.3, -0.25) is 4.79 Å². The molecule has 2 aromatic heterocycles. The number of ether oxygens (including phenoxy) is 2. The summed E-state index contributed by atoms with van der Waals surface area (Å²) in [5.74, 6) is 2.21. The van der Waals surface area contributed by atoms with E-state index in [-0.39, 0.29) is 24.2 Å². The molecular weight excluding hydrogens is 602 g/mol. The van der Waals surface area contributed by atoms with Gasteiger partial charge in [0.1, 0.15) is 17.3 Å². The quantitative estimate of drug-likeness (QED) is 0.170. The van der Waals surface area contributed by atoms with Gasteiger partial charge in [-0.2, -0.15) is 5.10 Å². The van der Waals surface area contributed by atoms with E-state index in [1.807, 2.05) is 87.7 Å². The number of halogens is 1. The maximum absolute atomic E-state index is 12.2. The number of anilines is 2. The molecule has 2 aromatic carbocycles. The number of hydrogen-bond donors (Lipinski definition) is 2. The molecule has 0 aliphatic rings. The normalized spacial score (nSPS) is 11.9. The monoisotopic (exact) mass is 632 g/mol. The molecule has 2 N–H and O–H groups in total. The zero-order chi connectivity index (χ0) is 26.6. The molecule has 4 rings (SSSR count). The van der Waals surface area contributed by atoms with E-state index in [1.54, 1.807) is 6.20 Å². The van der Waals surface area contributed by atoms with Crippen LogP contribution in [0.25, 0.3) is 22.3 Å². The summed E-state index contributed by atoms with van der Waals surface area (Å²) in [7, 11) is 0. The Labute approximate surface area is 231 Å². The summed E-state index contributed by atoms with van der Waals surface area (Å²) in [6.07, 6.45) is 4.18. The molecule has 0 spiro atoms. The van der Waals surface area contributed by atoms with Gasteiger partial charge in [-0.1, -0.05) is 18.2 Å². The van der Waals surface area contributed by atoms with E-state index in [1.165, 1.54) is 0 Å². The summed E-state index contributed by atoms with van der Waals surface area (Å²) >= 11 is 2.28. The van der Waals surface area contributed by atoms with Crippen LogP contribution < -0.4 is 20.1 Å². The van der Waals surface area contributed by atoms with Crippen molar-refractivity contribution in [2.45, 2.75) is 46.3 Å². The summed E-state index contributed by atoms with van der Waals surface area (Å²) in [5.41, 5.74) is 2.00. The van der Waals surface area contributed by atoms with Crippen LogP contribution >= 0.6 is 28.4 Å². The van der Waals surface area contributed by atoms with Crippen molar-refractivity contribution < 1.29 is 14.3 Å². The second-order valence-corrected chi connectivity index (χ2v) is 11.8. The maximum Gasteiger partial charge on any atom is 0.258 e. The lowest BCUT2D eigenvalue weighted by Crippen LogP contribution is -2.43. The number of hydrogen-bond acceptors (Lipinski definition) is 7. The van der Waals surface area contributed by atoms with E-state index >= 15 is 0 Å². The molecule has 1 amide bonds. The van der Waals surface area contributed by atoms with Gasteiger partial charge in [0.2, 0.25) is 0 Å². The number of aromatic nitrogens is 4.